The summed E-state index contributed by atoms with van der Waals surface area (Å²) in [6.07, 6.45) is -1.20. The Balaban J connectivity index is 2.78. The molecule has 0 aromatic heterocycles. The normalized spacial score (nSPS) is 12.5. The third-order valence-electron chi connectivity index (χ3n) is 1.72. The number of ketones is 1. The molecule has 1 unspecified atom stereocenters. The van der Waals surface area contributed by atoms with Crippen molar-refractivity contribution >= 4 is 5.78 Å². The highest BCUT2D eigenvalue weighted by Gasteiger charge is 2.16. The molecule has 64 valence electrons. The van der Waals surface area contributed by atoms with E-state index >= 15 is 0 Å². The summed E-state index contributed by atoms with van der Waals surface area (Å²) in [5.41, 5.74) is 0.448. The molecule has 0 heterocycles. The molecule has 0 spiro atoms. The molecule has 1 nitrogen and oxygen atoms in total. The fourth-order valence-corrected chi connectivity index (χ4v) is 0.987. The zero-order valence-electron chi connectivity index (χ0n) is 6.96. The van der Waals surface area contributed by atoms with Crippen LogP contribution in [0.1, 0.15) is 25.1 Å². The molecule has 0 aliphatic heterocycles. The number of carbonyl (C=O) groups is 1. The first-order valence-corrected chi connectivity index (χ1v) is 3.97. The largest absolute Gasteiger partial charge is 0.296 e. The van der Waals surface area contributed by atoms with Crippen molar-refractivity contribution in [1.82, 2.24) is 0 Å². The number of hydrogen-bond acceptors (Lipinski definition) is 1. The molecule has 1 atom stereocenters. The van der Waals surface area contributed by atoms with E-state index in [-0.39, 0.29) is 12.2 Å². The first-order chi connectivity index (χ1) is 5.75. The number of Topliss-reactive ketones (excluding diaryl/α,β-unsaturated/α-hetero) is 1. The van der Waals surface area contributed by atoms with Gasteiger partial charge in [-0.2, -0.15) is 0 Å². The van der Waals surface area contributed by atoms with Crippen molar-refractivity contribution < 1.29 is 9.18 Å². The molecule has 0 aliphatic carbocycles. The van der Waals surface area contributed by atoms with Crippen LogP contribution in [0.3, 0.4) is 0 Å². The van der Waals surface area contributed by atoms with Gasteiger partial charge in [0.15, 0.2) is 12.0 Å². The topological polar surface area (TPSA) is 17.1 Å². The summed E-state index contributed by atoms with van der Waals surface area (Å²) >= 11 is 0. The molecule has 12 heavy (non-hydrogen) atoms. The van der Waals surface area contributed by atoms with Gasteiger partial charge in [-0.1, -0.05) is 37.3 Å². The SMILES string of the molecule is CCC(=O)C(F)c1ccccc1. The van der Waals surface area contributed by atoms with Crippen LogP contribution in [0.25, 0.3) is 0 Å². The molecule has 0 amide bonds. The minimum atomic E-state index is -1.45. The quantitative estimate of drug-likeness (QED) is 0.674. The lowest BCUT2D eigenvalue weighted by molar-refractivity contribution is -0.123. The molecule has 1 aromatic carbocycles. The van der Waals surface area contributed by atoms with E-state index in [1.807, 2.05) is 0 Å². The van der Waals surface area contributed by atoms with Crippen LogP contribution < -0.4 is 0 Å². The Labute approximate surface area is 71.2 Å². The van der Waals surface area contributed by atoms with Crippen molar-refractivity contribution in [2.24, 2.45) is 0 Å². The lowest BCUT2D eigenvalue weighted by Gasteiger charge is -2.04. The van der Waals surface area contributed by atoms with E-state index in [9.17, 15) is 9.18 Å². The third-order valence-corrected chi connectivity index (χ3v) is 1.72. The summed E-state index contributed by atoms with van der Waals surface area (Å²) in [6, 6.07) is 8.50. The van der Waals surface area contributed by atoms with Gasteiger partial charge in [-0.15, -0.1) is 0 Å². The van der Waals surface area contributed by atoms with E-state index in [2.05, 4.69) is 0 Å². The Morgan fingerprint density at radius 3 is 2.50 bits per heavy atom. The van der Waals surface area contributed by atoms with Gasteiger partial charge in [0.1, 0.15) is 0 Å². The highest BCUT2D eigenvalue weighted by Crippen LogP contribution is 2.18. The zero-order chi connectivity index (χ0) is 8.97. The Hall–Kier alpha value is -1.18. The van der Waals surface area contributed by atoms with E-state index in [1.165, 1.54) is 0 Å². The Bertz CT molecular complexity index is 256. The number of alkyl halides is 1. The lowest BCUT2D eigenvalue weighted by atomic mass is 10.1. The molecule has 0 fully saturated rings. The fraction of sp³-hybridized carbons (Fsp3) is 0.300. The van der Waals surface area contributed by atoms with Crippen molar-refractivity contribution in [1.29, 1.82) is 0 Å². The molecule has 0 N–H and O–H groups in total. The fourth-order valence-electron chi connectivity index (χ4n) is 0.987. The second-order valence-electron chi connectivity index (χ2n) is 2.59. The van der Waals surface area contributed by atoms with E-state index in [0.717, 1.165) is 0 Å². The van der Waals surface area contributed by atoms with Crippen LogP contribution in [-0.2, 0) is 4.79 Å². The van der Waals surface area contributed by atoms with Crippen LogP contribution in [0.15, 0.2) is 30.3 Å². The second kappa shape index (κ2) is 4.00. The smallest absolute Gasteiger partial charge is 0.183 e. The zero-order valence-corrected chi connectivity index (χ0v) is 6.96. The molecular weight excluding hydrogens is 155 g/mol. The van der Waals surface area contributed by atoms with Crippen LogP contribution in [-0.4, -0.2) is 5.78 Å². The number of carbonyl (C=O) groups excluding carboxylic acids is 1. The van der Waals surface area contributed by atoms with Crippen LogP contribution in [0.5, 0.6) is 0 Å². The Morgan fingerprint density at radius 2 is 2.00 bits per heavy atom. The van der Waals surface area contributed by atoms with E-state index in [1.54, 1.807) is 37.3 Å². The number of halogens is 1. The molecule has 0 radical (unpaired) electrons. The standard InChI is InChI=1S/C10H11FO/c1-2-9(12)10(11)8-6-4-3-5-7-8/h3-7,10H,2H2,1H3. The molecule has 0 aliphatic rings. The van der Waals surface area contributed by atoms with Gasteiger partial charge in [0, 0.05) is 6.42 Å². The minimum Gasteiger partial charge on any atom is -0.296 e. The second-order valence-corrected chi connectivity index (χ2v) is 2.59. The van der Waals surface area contributed by atoms with Crippen molar-refractivity contribution in [3.63, 3.8) is 0 Å². The highest BCUT2D eigenvalue weighted by molar-refractivity contribution is 5.83. The Kier molecular flexibility index (Phi) is 2.97. The first-order valence-electron chi connectivity index (χ1n) is 3.97. The van der Waals surface area contributed by atoms with Crippen molar-refractivity contribution in [2.45, 2.75) is 19.5 Å². The molecule has 0 saturated heterocycles. The van der Waals surface area contributed by atoms with Gasteiger partial charge in [0.05, 0.1) is 0 Å². The summed E-state index contributed by atoms with van der Waals surface area (Å²) in [7, 11) is 0. The van der Waals surface area contributed by atoms with Gasteiger partial charge in [-0.05, 0) is 5.56 Å². The average Bonchev–Trinajstić information content (AvgIpc) is 2.17. The maximum Gasteiger partial charge on any atom is 0.183 e. The van der Waals surface area contributed by atoms with Gasteiger partial charge in [0.2, 0.25) is 0 Å². The van der Waals surface area contributed by atoms with Crippen LogP contribution in [0, 0.1) is 0 Å². The minimum absolute atomic E-state index is 0.246. The van der Waals surface area contributed by atoms with Crippen LogP contribution in [0.2, 0.25) is 0 Å². The van der Waals surface area contributed by atoms with Gasteiger partial charge >= 0.3 is 0 Å². The molecule has 2 heteroatoms. The van der Waals surface area contributed by atoms with Crippen LogP contribution >= 0.6 is 0 Å². The summed E-state index contributed by atoms with van der Waals surface area (Å²) in [4.78, 5) is 10.9. The maximum atomic E-state index is 13.2. The summed E-state index contributed by atoms with van der Waals surface area (Å²) in [5.74, 6) is -0.360. The Morgan fingerprint density at radius 1 is 1.42 bits per heavy atom. The van der Waals surface area contributed by atoms with Crippen molar-refractivity contribution in [3.8, 4) is 0 Å². The van der Waals surface area contributed by atoms with Crippen molar-refractivity contribution in [2.75, 3.05) is 0 Å². The van der Waals surface area contributed by atoms with Crippen molar-refractivity contribution in [3.05, 3.63) is 35.9 Å². The van der Waals surface area contributed by atoms with E-state index < -0.39 is 6.17 Å². The number of benzene rings is 1. The monoisotopic (exact) mass is 166 g/mol. The lowest BCUT2D eigenvalue weighted by Crippen LogP contribution is -2.05. The average molecular weight is 166 g/mol. The number of rotatable bonds is 3. The van der Waals surface area contributed by atoms with Crippen LogP contribution in [0.4, 0.5) is 4.39 Å². The maximum absolute atomic E-state index is 13.2. The van der Waals surface area contributed by atoms with Gasteiger partial charge < -0.3 is 0 Å². The van der Waals surface area contributed by atoms with Gasteiger partial charge in [-0.25, -0.2) is 4.39 Å². The van der Waals surface area contributed by atoms with E-state index in [4.69, 9.17) is 0 Å². The number of hydrogen-bond donors (Lipinski definition) is 0. The van der Waals surface area contributed by atoms with E-state index in [0.29, 0.717) is 5.56 Å². The third kappa shape index (κ3) is 1.91. The summed E-state index contributed by atoms with van der Waals surface area (Å²) < 4.78 is 13.2. The predicted octanol–water partition coefficient (Wildman–Crippen LogP) is 2.68. The highest BCUT2D eigenvalue weighted by atomic mass is 19.1. The van der Waals surface area contributed by atoms with Gasteiger partial charge in [0.25, 0.3) is 0 Å². The first kappa shape index (κ1) is 8.91. The molecule has 0 saturated carbocycles. The summed E-state index contributed by atoms with van der Waals surface area (Å²) in [5, 5.41) is 0. The molecule has 1 aromatic rings. The predicted molar refractivity (Wildman–Crippen MR) is 45.6 cm³/mol. The van der Waals surface area contributed by atoms with Gasteiger partial charge in [-0.3, -0.25) is 4.79 Å². The molecule has 0 bridgehead atoms. The molecular formula is C10H11FO. The molecule has 1 rings (SSSR count). The summed E-state index contributed by atoms with van der Waals surface area (Å²) in [6.45, 7) is 1.66.